The number of nitrogens with one attached hydrogen (secondary N) is 1. The van der Waals surface area contributed by atoms with E-state index in [0.29, 0.717) is 17.5 Å². The van der Waals surface area contributed by atoms with Gasteiger partial charge in [-0.2, -0.15) is 0 Å². The molecule has 0 bridgehead atoms. The molecule has 1 heterocycles. The van der Waals surface area contributed by atoms with E-state index in [9.17, 15) is 0 Å². The SMILES string of the molecule is CCc1cnc(C(C)NC2CCCCC2(C)C)s1. The lowest BCUT2D eigenvalue weighted by atomic mass is 9.73. The second-order valence-corrected chi connectivity index (χ2v) is 7.34. The first-order valence-electron chi connectivity index (χ1n) is 7.23. The lowest BCUT2D eigenvalue weighted by Gasteiger charge is -2.40. The van der Waals surface area contributed by atoms with E-state index in [1.807, 2.05) is 17.5 Å². The van der Waals surface area contributed by atoms with Gasteiger partial charge < -0.3 is 5.32 Å². The van der Waals surface area contributed by atoms with Crippen LogP contribution in [0.4, 0.5) is 0 Å². The lowest BCUT2D eigenvalue weighted by Crippen LogP contribution is -2.45. The van der Waals surface area contributed by atoms with Crippen LogP contribution in [-0.2, 0) is 6.42 Å². The van der Waals surface area contributed by atoms with Gasteiger partial charge in [0.2, 0.25) is 0 Å². The molecule has 1 aromatic rings. The van der Waals surface area contributed by atoms with Gasteiger partial charge in [0.25, 0.3) is 0 Å². The van der Waals surface area contributed by atoms with E-state index in [2.05, 4.69) is 38.0 Å². The van der Waals surface area contributed by atoms with E-state index < -0.39 is 0 Å². The Bertz CT molecular complexity index is 384. The summed E-state index contributed by atoms with van der Waals surface area (Å²) in [5.74, 6) is 0. The Balaban J connectivity index is 1.99. The second-order valence-electron chi connectivity index (χ2n) is 6.19. The van der Waals surface area contributed by atoms with Crippen molar-refractivity contribution in [2.75, 3.05) is 0 Å². The van der Waals surface area contributed by atoms with Gasteiger partial charge in [0, 0.05) is 17.1 Å². The van der Waals surface area contributed by atoms with Gasteiger partial charge in [-0.25, -0.2) is 4.98 Å². The van der Waals surface area contributed by atoms with Crippen molar-refractivity contribution in [3.8, 4) is 0 Å². The Hall–Kier alpha value is -0.410. The maximum absolute atomic E-state index is 4.56. The highest BCUT2D eigenvalue weighted by molar-refractivity contribution is 7.11. The van der Waals surface area contributed by atoms with Gasteiger partial charge in [0.1, 0.15) is 5.01 Å². The zero-order valence-corrected chi connectivity index (χ0v) is 12.9. The van der Waals surface area contributed by atoms with E-state index in [1.54, 1.807) is 0 Å². The van der Waals surface area contributed by atoms with Gasteiger partial charge in [0.15, 0.2) is 0 Å². The standard InChI is InChI=1S/C15H26N2S/c1-5-12-10-16-14(18-12)11(2)17-13-8-6-7-9-15(13,3)4/h10-11,13,17H,5-9H2,1-4H3. The minimum absolute atomic E-state index is 0.387. The molecular weight excluding hydrogens is 240 g/mol. The van der Waals surface area contributed by atoms with Crippen LogP contribution in [-0.4, -0.2) is 11.0 Å². The first-order valence-corrected chi connectivity index (χ1v) is 8.05. The van der Waals surface area contributed by atoms with Gasteiger partial charge >= 0.3 is 0 Å². The number of thiazole rings is 1. The van der Waals surface area contributed by atoms with Crippen LogP contribution in [0, 0.1) is 5.41 Å². The summed E-state index contributed by atoms with van der Waals surface area (Å²) in [5.41, 5.74) is 0.428. The Morgan fingerprint density at radius 3 is 2.89 bits per heavy atom. The number of aromatic nitrogens is 1. The predicted octanol–water partition coefficient (Wildman–Crippen LogP) is 4.32. The van der Waals surface area contributed by atoms with Crippen LogP contribution in [0.15, 0.2) is 6.20 Å². The molecule has 2 nitrogen and oxygen atoms in total. The third kappa shape index (κ3) is 3.12. The van der Waals surface area contributed by atoms with E-state index in [0.717, 1.165) is 6.42 Å². The van der Waals surface area contributed by atoms with Crippen molar-refractivity contribution in [1.29, 1.82) is 0 Å². The summed E-state index contributed by atoms with van der Waals surface area (Å²) in [6.45, 7) is 9.24. The van der Waals surface area contributed by atoms with Gasteiger partial charge in [-0.3, -0.25) is 0 Å². The summed E-state index contributed by atoms with van der Waals surface area (Å²) in [7, 11) is 0. The molecule has 1 aliphatic carbocycles. The third-order valence-corrected chi connectivity index (χ3v) is 5.57. The summed E-state index contributed by atoms with van der Waals surface area (Å²) < 4.78 is 0. The maximum Gasteiger partial charge on any atom is 0.109 e. The van der Waals surface area contributed by atoms with Gasteiger partial charge in [-0.1, -0.05) is 33.6 Å². The molecule has 1 N–H and O–H groups in total. The Kier molecular flexibility index (Phi) is 4.44. The number of aryl methyl sites for hydroxylation is 1. The van der Waals surface area contributed by atoms with Crippen molar-refractivity contribution >= 4 is 11.3 Å². The number of rotatable bonds is 4. The Morgan fingerprint density at radius 1 is 1.50 bits per heavy atom. The van der Waals surface area contributed by atoms with Crippen molar-refractivity contribution in [2.24, 2.45) is 5.41 Å². The van der Waals surface area contributed by atoms with Crippen LogP contribution >= 0.6 is 11.3 Å². The summed E-state index contributed by atoms with van der Waals surface area (Å²) in [6.07, 6.45) is 8.53. The predicted molar refractivity (Wildman–Crippen MR) is 79.1 cm³/mol. The smallest absolute Gasteiger partial charge is 0.109 e. The third-order valence-electron chi connectivity index (χ3n) is 4.25. The van der Waals surface area contributed by atoms with Crippen molar-refractivity contribution in [1.82, 2.24) is 10.3 Å². The molecule has 1 aromatic heterocycles. The molecule has 1 aliphatic rings. The zero-order chi connectivity index (χ0) is 13.2. The average molecular weight is 266 g/mol. The molecular formula is C15H26N2S. The van der Waals surface area contributed by atoms with Crippen molar-refractivity contribution in [2.45, 2.75) is 71.9 Å². The summed E-state index contributed by atoms with van der Waals surface area (Å²) in [4.78, 5) is 5.95. The van der Waals surface area contributed by atoms with Crippen molar-refractivity contribution < 1.29 is 0 Å². The van der Waals surface area contributed by atoms with E-state index in [-0.39, 0.29) is 0 Å². The molecule has 0 saturated heterocycles. The Morgan fingerprint density at radius 2 is 2.28 bits per heavy atom. The Labute approximate surface area is 115 Å². The van der Waals surface area contributed by atoms with Crippen molar-refractivity contribution in [3.63, 3.8) is 0 Å². The average Bonchev–Trinajstić information content (AvgIpc) is 2.80. The lowest BCUT2D eigenvalue weighted by molar-refractivity contribution is 0.157. The summed E-state index contributed by atoms with van der Waals surface area (Å²) in [6, 6.07) is 1.02. The highest BCUT2D eigenvalue weighted by Gasteiger charge is 2.33. The van der Waals surface area contributed by atoms with E-state index in [4.69, 9.17) is 0 Å². The normalized spacial score (nSPS) is 25.0. The fourth-order valence-electron chi connectivity index (χ4n) is 2.86. The molecule has 3 heteroatoms. The highest BCUT2D eigenvalue weighted by Crippen LogP contribution is 2.36. The fraction of sp³-hybridized carbons (Fsp3) is 0.800. The maximum atomic E-state index is 4.56. The van der Waals surface area contributed by atoms with Gasteiger partial charge in [-0.15, -0.1) is 11.3 Å². The van der Waals surface area contributed by atoms with Gasteiger partial charge in [0.05, 0.1) is 6.04 Å². The van der Waals surface area contributed by atoms with E-state index in [1.165, 1.54) is 35.6 Å². The molecule has 0 radical (unpaired) electrons. The fourth-order valence-corrected chi connectivity index (χ4v) is 3.73. The topological polar surface area (TPSA) is 24.9 Å². The van der Waals surface area contributed by atoms with Crippen LogP contribution in [0.3, 0.4) is 0 Å². The van der Waals surface area contributed by atoms with Crippen LogP contribution < -0.4 is 5.32 Å². The molecule has 2 atom stereocenters. The van der Waals surface area contributed by atoms with E-state index >= 15 is 0 Å². The molecule has 1 fully saturated rings. The van der Waals surface area contributed by atoms with Crippen LogP contribution in [0.1, 0.15) is 69.3 Å². The largest absolute Gasteiger partial charge is 0.305 e. The first kappa shape index (κ1) is 14.0. The van der Waals surface area contributed by atoms with Crippen LogP contribution in [0.2, 0.25) is 0 Å². The highest BCUT2D eigenvalue weighted by atomic mass is 32.1. The summed E-state index contributed by atoms with van der Waals surface area (Å²) >= 11 is 1.86. The molecule has 0 amide bonds. The van der Waals surface area contributed by atoms with Gasteiger partial charge in [-0.05, 0) is 31.6 Å². The summed E-state index contributed by atoms with van der Waals surface area (Å²) in [5, 5.41) is 5.05. The molecule has 1 saturated carbocycles. The molecule has 0 aliphatic heterocycles. The van der Waals surface area contributed by atoms with Crippen molar-refractivity contribution in [3.05, 3.63) is 16.1 Å². The monoisotopic (exact) mass is 266 g/mol. The quantitative estimate of drug-likeness (QED) is 0.877. The molecule has 102 valence electrons. The molecule has 18 heavy (non-hydrogen) atoms. The minimum Gasteiger partial charge on any atom is -0.305 e. The molecule has 2 rings (SSSR count). The number of nitrogens with zero attached hydrogens (tertiary/aromatic N) is 1. The van der Waals surface area contributed by atoms with Crippen LogP contribution in [0.5, 0.6) is 0 Å². The molecule has 0 spiro atoms. The zero-order valence-electron chi connectivity index (χ0n) is 12.1. The number of hydrogen-bond acceptors (Lipinski definition) is 3. The number of hydrogen-bond donors (Lipinski definition) is 1. The second kappa shape index (κ2) is 5.70. The minimum atomic E-state index is 0.387. The van der Waals surface area contributed by atoms with Crippen LogP contribution in [0.25, 0.3) is 0 Å². The first-order chi connectivity index (χ1) is 8.53. The molecule has 2 unspecified atom stereocenters. The molecule has 0 aromatic carbocycles.